The highest BCUT2D eigenvalue weighted by Crippen LogP contribution is 2.35. The normalized spacial score (nSPS) is 19.2. The molecule has 2 aliphatic rings. The third-order valence-corrected chi connectivity index (χ3v) is 6.46. The minimum atomic E-state index is -2.56. The largest absolute Gasteiger partial charge is 0.472 e. The average Bonchev–Trinajstić information content (AvgIpc) is 3.34. The van der Waals surface area contributed by atoms with Crippen molar-refractivity contribution in [1.82, 2.24) is 34.8 Å². The third kappa shape index (κ3) is 5.02. The molecular formula is C25H24F2N8O4. The van der Waals surface area contributed by atoms with Crippen LogP contribution in [0.15, 0.2) is 47.2 Å². The lowest BCUT2D eigenvalue weighted by atomic mass is 9.98. The van der Waals surface area contributed by atoms with Gasteiger partial charge in [0.05, 0.1) is 23.3 Å². The Bertz CT molecular complexity index is 1520. The molecule has 0 aromatic carbocycles. The maximum absolute atomic E-state index is 12.9. The van der Waals surface area contributed by atoms with E-state index in [0.29, 0.717) is 35.0 Å². The number of carbonyl (C=O) groups excluding carboxylic acids is 1. The van der Waals surface area contributed by atoms with Crippen LogP contribution in [0.1, 0.15) is 25.0 Å². The zero-order chi connectivity index (χ0) is 27.1. The standard InChI is InChI=1S/C25H24F2N8O4/c1-34-10-8-25(37,23(34)36)20-11-18(33-39-20)16-4-2-3-15(29-16)17-7-9-28-24(30-17)31-19-12-35(13-21(26)27)32-22(19)38-14-5-6-14/h2-4,7,9,11-12,14,21,37H,5-6,8,10,13H2,1H3,(H,28,30,31). The number of ether oxygens (including phenoxy) is 1. The molecule has 0 radical (unpaired) electrons. The van der Waals surface area contributed by atoms with E-state index in [9.17, 15) is 18.7 Å². The van der Waals surface area contributed by atoms with Crippen LogP contribution in [0.4, 0.5) is 20.4 Å². The predicted molar refractivity (Wildman–Crippen MR) is 132 cm³/mol. The zero-order valence-electron chi connectivity index (χ0n) is 20.8. The van der Waals surface area contributed by atoms with E-state index < -0.39 is 24.5 Å². The zero-order valence-corrected chi connectivity index (χ0v) is 20.8. The van der Waals surface area contributed by atoms with Crippen LogP contribution in [0.3, 0.4) is 0 Å². The number of halogens is 2. The van der Waals surface area contributed by atoms with Gasteiger partial charge in [0, 0.05) is 32.3 Å². The van der Waals surface area contributed by atoms with Crippen LogP contribution < -0.4 is 10.1 Å². The molecule has 4 aromatic rings. The number of nitrogens with one attached hydrogen (secondary N) is 1. The number of carbonyl (C=O) groups is 1. The molecule has 202 valence electrons. The fraction of sp³-hybridized carbons (Fsp3) is 0.360. The van der Waals surface area contributed by atoms with Crippen LogP contribution in [-0.2, 0) is 16.9 Å². The number of aliphatic hydroxyl groups is 1. The van der Waals surface area contributed by atoms with Crippen molar-refractivity contribution in [2.24, 2.45) is 0 Å². The summed E-state index contributed by atoms with van der Waals surface area (Å²) in [5.74, 6) is 0.0250. The summed E-state index contributed by atoms with van der Waals surface area (Å²) in [4.78, 5) is 27.2. The Balaban J connectivity index is 1.24. The molecule has 0 bridgehead atoms. The molecular weight excluding hydrogens is 514 g/mol. The van der Waals surface area contributed by atoms with Crippen LogP contribution in [0.25, 0.3) is 22.8 Å². The number of pyridine rings is 1. The number of amides is 1. The lowest BCUT2D eigenvalue weighted by molar-refractivity contribution is -0.144. The van der Waals surface area contributed by atoms with Gasteiger partial charge in [-0.1, -0.05) is 11.2 Å². The topological polar surface area (TPSA) is 144 Å². The van der Waals surface area contributed by atoms with Crippen molar-refractivity contribution in [1.29, 1.82) is 0 Å². The summed E-state index contributed by atoms with van der Waals surface area (Å²) in [5.41, 5.74) is 0.404. The second-order valence-electron chi connectivity index (χ2n) is 9.49. The molecule has 1 amide bonds. The van der Waals surface area contributed by atoms with E-state index in [1.807, 2.05) is 0 Å². The second-order valence-corrected chi connectivity index (χ2v) is 9.49. The van der Waals surface area contributed by atoms with Crippen molar-refractivity contribution < 1.29 is 27.9 Å². The quantitative estimate of drug-likeness (QED) is 0.326. The smallest absolute Gasteiger partial charge is 0.262 e. The van der Waals surface area contributed by atoms with Crippen molar-refractivity contribution >= 4 is 17.5 Å². The average molecular weight is 539 g/mol. The summed E-state index contributed by atoms with van der Waals surface area (Å²) in [6.45, 7) is -0.156. The number of likely N-dealkylation sites (tertiary alicyclic amines) is 1. The van der Waals surface area contributed by atoms with E-state index in [1.165, 1.54) is 23.4 Å². The Labute approximate surface area is 220 Å². The summed E-state index contributed by atoms with van der Waals surface area (Å²) in [6.07, 6.45) is 2.40. The number of alkyl halides is 2. The Kier molecular flexibility index (Phi) is 6.17. The molecule has 2 fully saturated rings. The number of anilines is 2. The van der Waals surface area contributed by atoms with Crippen LogP contribution in [0.5, 0.6) is 5.88 Å². The van der Waals surface area contributed by atoms with Crippen molar-refractivity contribution in [3.8, 4) is 28.7 Å². The molecule has 0 spiro atoms. The molecule has 39 heavy (non-hydrogen) atoms. The molecule has 12 nitrogen and oxygen atoms in total. The lowest BCUT2D eigenvalue weighted by Gasteiger charge is -2.16. The highest BCUT2D eigenvalue weighted by atomic mass is 19.3. The third-order valence-electron chi connectivity index (χ3n) is 6.46. The first kappa shape index (κ1) is 24.9. The van der Waals surface area contributed by atoms with Crippen LogP contribution >= 0.6 is 0 Å². The van der Waals surface area contributed by atoms with Gasteiger partial charge in [-0.15, -0.1) is 5.10 Å². The maximum Gasteiger partial charge on any atom is 0.262 e. The molecule has 6 rings (SSSR count). The van der Waals surface area contributed by atoms with Crippen LogP contribution in [-0.4, -0.2) is 71.9 Å². The SMILES string of the molecule is CN1CCC(O)(c2cc(-c3cccc(-c4ccnc(Nc5cn(CC(F)F)nc5OC5CC5)n4)n3)no2)C1=O. The van der Waals surface area contributed by atoms with Gasteiger partial charge in [-0.05, 0) is 31.0 Å². The van der Waals surface area contributed by atoms with Gasteiger partial charge >= 0.3 is 0 Å². The van der Waals surface area contributed by atoms with Gasteiger partial charge in [-0.2, -0.15) is 0 Å². The number of hydrogen-bond donors (Lipinski definition) is 2. The van der Waals surface area contributed by atoms with Gasteiger partial charge in [-0.25, -0.2) is 23.7 Å². The second kappa shape index (κ2) is 9.69. The number of nitrogens with zero attached hydrogens (tertiary/aromatic N) is 7. The first-order valence-corrected chi connectivity index (χ1v) is 12.3. The molecule has 1 aliphatic heterocycles. The molecule has 1 saturated carbocycles. The minimum absolute atomic E-state index is 0.0186. The molecule has 1 atom stereocenters. The van der Waals surface area contributed by atoms with Gasteiger partial charge in [0.25, 0.3) is 18.2 Å². The van der Waals surface area contributed by atoms with E-state index in [2.05, 4.69) is 30.5 Å². The first-order chi connectivity index (χ1) is 18.8. The summed E-state index contributed by atoms with van der Waals surface area (Å²) in [6, 6.07) is 8.41. The molecule has 14 heteroatoms. The fourth-order valence-corrected chi connectivity index (χ4v) is 4.23. The molecule has 5 heterocycles. The Hall–Kier alpha value is -4.46. The monoisotopic (exact) mass is 538 g/mol. The number of aromatic nitrogens is 6. The summed E-state index contributed by atoms with van der Waals surface area (Å²) in [5, 5.41) is 22.0. The van der Waals surface area contributed by atoms with E-state index >= 15 is 0 Å². The van der Waals surface area contributed by atoms with E-state index in [4.69, 9.17) is 9.26 Å². The van der Waals surface area contributed by atoms with E-state index in [0.717, 1.165) is 17.5 Å². The van der Waals surface area contributed by atoms with Gasteiger partial charge in [0.2, 0.25) is 11.5 Å². The Morgan fingerprint density at radius 1 is 1.21 bits per heavy atom. The fourth-order valence-electron chi connectivity index (χ4n) is 4.23. The Morgan fingerprint density at radius 3 is 2.69 bits per heavy atom. The lowest BCUT2D eigenvalue weighted by Crippen LogP contribution is -2.35. The number of rotatable bonds is 9. The first-order valence-electron chi connectivity index (χ1n) is 12.3. The van der Waals surface area contributed by atoms with Crippen LogP contribution in [0, 0.1) is 0 Å². The summed E-state index contributed by atoms with van der Waals surface area (Å²) < 4.78 is 38.0. The molecule has 1 aliphatic carbocycles. The van der Waals surface area contributed by atoms with Crippen LogP contribution in [0.2, 0.25) is 0 Å². The van der Waals surface area contributed by atoms with Gasteiger partial charge in [0.15, 0.2) is 5.76 Å². The minimum Gasteiger partial charge on any atom is -0.472 e. The maximum atomic E-state index is 12.9. The van der Waals surface area contributed by atoms with E-state index in [-0.39, 0.29) is 30.1 Å². The molecule has 1 saturated heterocycles. The number of likely N-dealkylation sites (N-methyl/N-ethyl adjacent to an activating group) is 1. The molecule has 1 unspecified atom stereocenters. The van der Waals surface area contributed by atoms with Crippen molar-refractivity contribution in [2.75, 3.05) is 18.9 Å². The van der Waals surface area contributed by atoms with Gasteiger partial charge in [-0.3, -0.25) is 9.48 Å². The Morgan fingerprint density at radius 2 is 1.97 bits per heavy atom. The van der Waals surface area contributed by atoms with Crippen molar-refractivity contribution in [3.05, 3.63) is 48.5 Å². The highest BCUT2D eigenvalue weighted by Gasteiger charge is 2.48. The van der Waals surface area contributed by atoms with Gasteiger partial charge in [0.1, 0.15) is 24.0 Å². The molecule has 4 aromatic heterocycles. The van der Waals surface area contributed by atoms with Crippen molar-refractivity contribution in [3.63, 3.8) is 0 Å². The van der Waals surface area contributed by atoms with E-state index in [1.54, 1.807) is 31.3 Å². The van der Waals surface area contributed by atoms with Crippen molar-refractivity contribution in [2.45, 2.75) is 43.9 Å². The number of hydrogen-bond acceptors (Lipinski definition) is 10. The highest BCUT2D eigenvalue weighted by molar-refractivity contribution is 5.87. The summed E-state index contributed by atoms with van der Waals surface area (Å²) in [7, 11) is 1.61. The molecule has 2 N–H and O–H groups in total. The van der Waals surface area contributed by atoms with Gasteiger partial charge < -0.3 is 24.6 Å². The summed E-state index contributed by atoms with van der Waals surface area (Å²) >= 11 is 0. The predicted octanol–water partition coefficient (Wildman–Crippen LogP) is 2.99.